The Bertz CT molecular complexity index is 226. The molecule has 1 aromatic rings. The summed E-state index contributed by atoms with van der Waals surface area (Å²) in [6.07, 6.45) is 1.64. The summed E-state index contributed by atoms with van der Waals surface area (Å²) in [6.45, 7) is 1.82. The Kier molecular flexibility index (Phi) is 1.23. The number of aromatic nitrogens is 2. The average Bonchev–Trinajstić information content (AvgIpc) is 1.80. The monoisotopic (exact) mass is 173 g/mol. The zero-order valence-corrected chi connectivity index (χ0v) is 5.94. The third kappa shape index (κ3) is 1.04. The summed E-state index contributed by atoms with van der Waals surface area (Å²) in [5.41, 5.74) is 0.801. The quantitative estimate of drug-likeness (QED) is 0.596. The minimum absolute atomic E-state index is 0.0655. The van der Waals surface area contributed by atoms with E-state index in [9.17, 15) is 0 Å². The fourth-order valence-electron chi connectivity index (χ4n) is 0.336. The molecule has 0 amide bonds. The normalized spacial score (nSPS) is 11.0. The Morgan fingerprint density at radius 2 is 2.62 bits per heavy atom. The highest BCUT2D eigenvalue weighted by Crippen LogP contribution is 2.08. The van der Waals surface area contributed by atoms with Crippen molar-refractivity contribution in [2.24, 2.45) is 0 Å². The SMILES string of the molecule is [2H]c1ncc(Br)c(C)n1. The lowest BCUT2D eigenvalue weighted by atomic mass is 10.5. The molecule has 0 atom stereocenters. The fourth-order valence-corrected chi connectivity index (χ4v) is 0.527. The molecule has 0 aliphatic rings. The first-order chi connectivity index (χ1) is 4.20. The van der Waals surface area contributed by atoms with Crippen LogP contribution in [0, 0.1) is 6.92 Å². The Morgan fingerprint density at radius 1 is 1.88 bits per heavy atom. The van der Waals surface area contributed by atoms with Crippen molar-refractivity contribution in [1.29, 1.82) is 0 Å². The number of halogens is 1. The number of hydrogen-bond donors (Lipinski definition) is 0. The molecule has 0 fully saturated rings. The maximum Gasteiger partial charge on any atom is 0.115 e. The average molecular weight is 174 g/mol. The Hall–Kier alpha value is -0.440. The van der Waals surface area contributed by atoms with E-state index in [1.165, 1.54) is 0 Å². The smallest absolute Gasteiger partial charge is 0.115 e. The predicted molar refractivity (Wildman–Crippen MR) is 34.5 cm³/mol. The van der Waals surface area contributed by atoms with E-state index in [4.69, 9.17) is 1.37 Å². The molecule has 1 aromatic heterocycles. The third-order valence-corrected chi connectivity index (χ3v) is 1.58. The van der Waals surface area contributed by atoms with Crippen molar-refractivity contribution >= 4 is 15.9 Å². The van der Waals surface area contributed by atoms with Crippen LogP contribution in [0.15, 0.2) is 17.0 Å². The van der Waals surface area contributed by atoms with Gasteiger partial charge in [-0.1, -0.05) is 0 Å². The Morgan fingerprint density at radius 3 is 3.12 bits per heavy atom. The highest BCUT2D eigenvalue weighted by atomic mass is 79.9. The van der Waals surface area contributed by atoms with Crippen LogP contribution in [-0.2, 0) is 0 Å². The second kappa shape index (κ2) is 2.22. The predicted octanol–water partition coefficient (Wildman–Crippen LogP) is 1.55. The highest BCUT2D eigenvalue weighted by molar-refractivity contribution is 9.10. The molecule has 0 radical (unpaired) electrons. The van der Waals surface area contributed by atoms with Crippen LogP contribution in [0.3, 0.4) is 0 Å². The van der Waals surface area contributed by atoms with Crippen molar-refractivity contribution < 1.29 is 1.37 Å². The summed E-state index contributed by atoms with van der Waals surface area (Å²) in [5, 5.41) is 0. The van der Waals surface area contributed by atoms with E-state index in [1.54, 1.807) is 6.20 Å². The van der Waals surface area contributed by atoms with Gasteiger partial charge in [-0.2, -0.15) is 0 Å². The molecule has 1 heterocycles. The molecule has 0 aliphatic heterocycles. The molecule has 0 N–H and O–H groups in total. The summed E-state index contributed by atoms with van der Waals surface area (Å²) >= 11 is 3.22. The lowest BCUT2D eigenvalue weighted by Crippen LogP contribution is -1.81. The molecule has 0 saturated heterocycles. The van der Waals surface area contributed by atoms with Gasteiger partial charge < -0.3 is 0 Å². The number of nitrogens with zero attached hydrogens (tertiary/aromatic N) is 2. The molecule has 0 spiro atoms. The summed E-state index contributed by atoms with van der Waals surface area (Å²) in [5.74, 6) is 0. The number of hydrogen-bond acceptors (Lipinski definition) is 2. The van der Waals surface area contributed by atoms with Crippen LogP contribution < -0.4 is 0 Å². The largest absolute Gasteiger partial charge is 0.244 e. The van der Waals surface area contributed by atoms with Crippen LogP contribution in [-0.4, -0.2) is 9.97 Å². The first-order valence-electron chi connectivity index (χ1n) is 2.66. The van der Waals surface area contributed by atoms with E-state index in [-0.39, 0.29) is 6.30 Å². The molecule has 8 heavy (non-hydrogen) atoms. The Balaban J connectivity index is 3.17. The Labute approximate surface area is 57.5 Å². The molecule has 0 aromatic carbocycles. The van der Waals surface area contributed by atoms with E-state index in [1.807, 2.05) is 6.92 Å². The minimum atomic E-state index is 0.0655. The van der Waals surface area contributed by atoms with Gasteiger partial charge in [0.15, 0.2) is 0 Å². The van der Waals surface area contributed by atoms with Gasteiger partial charge in [-0.05, 0) is 22.9 Å². The molecular formula is C5H5BrN2. The van der Waals surface area contributed by atoms with E-state index < -0.39 is 0 Å². The summed E-state index contributed by atoms with van der Waals surface area (Å²) < 4.78 is 7.84. The molecule has 2 nitrogen and oxygen atoms in total. The van der Waals surface area contributed by atoms with E-state index >= 15 is 0 Å². The van der Waals surface area contributed by atoms with Gasteiger partial charge in [0.2, 0.25) is 0 Å². The van der Waals surface area contributed by atoms with Gasteiger partial charge in [0.1, 0.15) is 7.67 Å². The second-order valence-corrected chi connectivity index (χ2v) is 2.26. The van der Waals surface area contributed by atoms with Gasteiger partial charge in [-0.3, -0.25) is 0 Å². The molecule has 0 aliphatic carbocycles. The number of rotatable bonds is 0. The van der Waals surface area contributed by atoms with Gasteiger partial charge >= 0.3 is 0 Å². The maximum atomic E-state index is 6.99. The molecule has 3 heteroatoms. The van der Waals surface area contributed by atoms with Gasteiger partial charge in [-0.15, -0.1) is 0 Å². The van der Waals surface area contributed by atoms with Crippen LogP contribution in [0.25, 0.3) is 0 Å². The molecule has 0 bridgehead atoms. The highest BCUT2D eigenvalue weighted by Gasteiger charge is 1.88. The lowest BCUT2D eigenvalue weighted by Gasteiger charge is -1.89. The van der Waals surface area contributed by atoms with Crippen molar-refractivity contribution in [2.45, 2.75) is 6.92 Å². The van der Waals surface area contributed by atoms with Gasteiger partial charge in [0.25, 0.3) is 0 Å². The van der Waals surface area contributed by atoms with Crippen LogP contribution in [0.2, 0.25) is 0 Å². The fraction of sp³-hybridized carbons (Fsp3) is 0.200. The van der Waals surface area contributed by atoms with E-state index in [2.05, 4.69) is 25.9 Å². The zero-order valence-electron chi connectivity index (χ0n) is 5.35. The van der Waals surface area contributed by atoms with Crippen molar-refractivity contribution in [3.05, 3.63) is 22.7 Å². The summed E-state index contributed by atoms with van der Waals surface area (Å²) in [6, 6.07) is 0. The molecular weight excluding hydrogens is 168 g/mol. The van der Waals surface area contributed by atoms with Crippen molar-refractivity contribution in [3.8, 4) is 0 Å². The van der Waals surface area contributed by atoms with E-state index in [0.717, 1.165) is 10.2 Å². The van der Waals surface area contributed by atoms with Crippen LogP contribution in [0.1, 0.15) is 7.06 Å². The van der Waals surface area contributed by atoms with Gasteiger partial charge in [0, 0.05) is 6.20 Å². The molecule has 1 rings (SSSR count). The number of aryl methyl sites for hydroxylation is 1. The summed E-state index contributed by atoms with van der Waals surface area (Å²) in [7, 11) is 0. The first kappa shape index (κ1) is 4.44. The minimum Gasteiger partial charge on any atom is -0.244 e. The van der Waals surface area contributed by atoms with Crippen LogP contribution >= 0.6 is 15.9 Å². The molecule has 42 valence electrons. The van der Waals surface area contributed by atoms with Crippen molar-refractivity contribution in [2.75, 3.05) is 0 Å². The first-order valence-corrected chi connectivity index (χ1v) is 2.95. The van der Waals surface area contributed by atoms with Crippen molar-refractivity contribution in [1.82, 2.24) is 9.97 Å². The lowest BCUT2D eigenvalue weighted by molar-refractivity contribution is 1.08. The maximum absolute atomic E-state index is 6.99. The second-order valence-electron chi connectivity index (χ2n) is 1.40. The van der Waals surface area contributed by atoms with Crippen LogP contribution in [0.5, 0.6) is 0 Å². The van der Waals surface area contributed by atoms with Crippen LogP contribution in [0.4, 0.5) is 0 Å². The zero-order chi connectivity index (χ0) is 6.85. The topological polar surface area (TPSA) is 25.8 Å². The standard InChI is InChI=1S/C5H5BrN2/c1-4-5(6)2-7-3-8-4/h2-3H,1H3/i3D. The molecule has 0 unspecified atom stereocenters. The van der Waals surface area contributed by atoms with E-state index in [0.29, 0.717) is 0 Å². The van der Waals surface area contributed by atoms with Crippen molar-refractivity contribution in [3.63, 3.8) is 0 Å². The van der Waals surface area contributed by atoms with Gasteiger partial charge in [-0.25, -0.2) is 9.97 Å². The summed E-state index contributed by atoms with van der Waals surface area (Å²) in [4.78, 5) is 7.43. The van der Waals surface area contributed by atoms with Gasteiger partial charge in [0.05, 0.1) is 10.2 Å². The third-order valence-electron chi connectivity index (χ3n) is 0.799. The molecule has 0 saturated carbocycles.